The summed E-state index contributed by atoms with van der Waals surface area (Å²) < 4.78 is 5.13. The van der Waals surface area contributed by atoms with E-state index in [-0.39, 0.29) is 5.91 Å². The second kappa shape index (κ2) is 10.2. The molecule has 1 amide bonds. The minimum Gasteiger partial charge on any atom is -0.497 e. The van der Waals surface area contributed by atoms with E-state index in [0.717, 1.165) is 44.6 Å². The summed E-state index contributed by atoms with van der Waals surface area (Å²) in [4.78, 5) is 14.0. The van der Waals surface area contributed by atoms with Crippen LogP contribution >= 0.6 is 0 Å². The molecule has 1 aromatic rings. The van der Waals surface area contributed by atoms with Crippen molar-refractivity contribution in [1.82, 2.24) is 10.2 Å². The van der Waals surface area contributed by atoms with E-state index in [1.807, 2.05) is 17.0 Å². The number of methoxy groups -OCH3 is 1. The summed E-state index contributed by atoms with van der Waals surface area (Å²) >= 11 is 0. The average Bonchev–Trinajstić information content (AvgIpc) is 2.51. The van der Waals surface area contributed by atoms with Crippen molar-refractivity contribution in [2.24, 2.45) is 0 Å². The second-order valence-electron chi connectivity index (χ2n) is 5.16. The smallest absolute Gasteiger partial charge is 0.236 e. The fourth-order valence-electron chi connectivity index (χ4n) is 2.23. The van der Waals surface area contributed by atoms with Crippen molar-refractivity contribution in [1.29, 1.82) is 0 Å². The van der Waals surface area contributed by atoms with Gasteiger partial charge in [0, 0.05) is 13.1 Å². The number of nitrogens with zero attached hydrogens (tertiary/aromatic N) is 1. The molecule has 0 aliphatic carbocycles. The molecule has 0 atom stereocenters. The highest BCUT2D eigenvalue weighted by Crippen LogP contribution is 2.11. The summed E-state index contributed by atoms with van der Waals surface area (Å²) in [5.41, 5.74) is 1.25. The first-order valence-corrected chi connectivity index (χ1v) is 7.82. The van der Waals surface area contributed by atoms with Crippen molar-refractivity contribution in [2.75, 3.05) is 33.3 Å². The van der Waals surface area contributed by atoms with Crippen LogP contribution in [0.15, 0.2) is 24.3 Å². The van der Waals surface area contributed by atoms with E-state index >= 15 is 0 Å². The van der Waals surface area contributed by atoms with Gasteiger partial charge in [-0.2, -0.15) is 0 Å². The maximum absolute atomic E-state index is 12.1. The molecular weight excluding hydrogens is 264 g/mol. The van der Waals surface area contributed by atoms with E-state index in [1.165, 1.54) is 5.56 Å². The third-order valence-electron chi connectivity index (χ3n) is 3.37. The van der Waals surface area contributed by atoms with E-state index in [4.69, 9.17) is 4.74 Å². The summed E-state index contributed by atoms with van der Waals surface area (Å²) in [5.74, 6) is 1.07. The largest absolute Gasteiger partial charge is 0.497 e. The molecular formula is C17H28N2O2. The molecule has 1 rings (SSSR count). The zero-order chi connectivity index (χ0) is 15.5. The van der Waals surface area contributed by atoms with Gasteiger partial charge in [0.25, 0.3) is 0 Å². The quantitative estimate of drug-likeness (QED) is 0.674. The van der Waals surface area contributed by atoms with Crippen molar-refractivity contribution >= 4 is 5.91 Å². The fourth-order valence-corrected chi connectivity index (χ4v) is 2.23. The van der Waals surface area contributed by atoms with Gasteiger partial charge in [0.15, 0.2) is 0 Å². The number of benzene rings is 1. The Labute approximate surface area is 128 Å². The monoisotopic (exact) mass is 292 g/mol. The number of amides is 1. The number of hydrogen-bond donors (Lipinski definition) is 1. The summed E-state index contributed by atoms with van der Waals surface area (Å²) in [5, 5.41) is 3.24. The number of carbonyl (C=O) groups excluding carboxylic acids is 1. The highest BCUT2D eigenvalue weighted by atomic mass is 16.5. The molecule has 0 heterocycles. The lowest BCUT2D eigenvalue weighted by atomic mass is 10.1. The first-order chi connectivity index (χ1) is 10.2. The van der Waals surface area contributed by atoms with Crippen molar-refractivity contribution in [3.8, 4) is 5.75 Å². The van der Waals surface area contributed by atoms with E-state index in [9.17, 15) is 4.79 Å². The Morgan fingerprint density at radius 1 is 1.14 bits per heavy atom. The van der Waals surface area contributed by atoms with E-state index in [1.54, 1.807) is 7.11 Å². The number of ether oxygens (including phenoxy) is 1. The lowest BCUT2D eigenvalue weighted by Crippen LogP contribution is -2.39. The van der Waals surface area contributed by atoms with Crippen LogP contribution in [0.5, 0.6) is 5.75 Å². The predicted octanol–water partition coefficient (Wildman–Crippen LogP) is 2.48. The third kappa shape index (κ3) is 6.63. The zero-order valence-corrected chi connectivity index (χ0v) is 13.5. The van der Waals surface area contributed by atoms with Crippen molar-refractivity contribution < 1.29 is 9.53 Å². The minimum absolute atomic E-state index is 0.202. The summed E-state index contributed by atoms with van der Waals surface area (Å²) in [6, 6.07) is 8.04. The Bertz CT molecular complexity index is 398. The molecule has 0 bridgehead atoms. The number of rotatable bonds is 10. The second-order valence-corrected chi connectivity index (χ2v) is 5.16. The van der Waals surface area contributed by atoms with Gasteiger partial charge in [0.1, 0.15) is 5.75 Å². The number of nitrogens with one attached hydrogen (secondary N) is 1. The first-order valence-electron chi connectivity index (χ1n) is 7.82. The Morgan fingerprint density at radius 3 is 2.29 bits per heavy atom. The molecule has 0 unspecified atom stereocenters. The lowest BCUT2D eigenvalue weighted by Gasteiger charge is -2.21. The van der Waals surface area contributed by atoms with E-state index < -0.39 is 0 Å². The molecule has 0 saturated heterocycles. The number of carbonyl (C=O) groups is 1. The van der Waals surface area contributed by atoms with Crippen LogP contribution in [0, 0.1) is 0 Å². The maximum atomic E-state index is 12.1. The van der Waals surface area contributed by atoms with Gasteiger partial charge in [-0.25, -0.2) is 0 Å². The molecule has 0 saturated carbocycles. The molecule has 0 aromatic heterocycles. The topological polar surface area (TPSA) is 41.6 Å². The molecule has 21 heavy (non-hydrogen) atoms. The summed E-state index contributed by atoms with van der Waals surface area (Å²) in [6.07, 6.45) is 2.94. The summed E-state index contributed by atoms with van der Waals surface area (Å²) in [7, 11) is 1.67. The highest BCUT2D eigenvalue weighted by Gasteiger charge is 2.10. The molecule has 0 fully saturated rings. The molecule has 4 nitrogen and oxygen atoms in total. The minimum atomic E-state index is 0.202. The van der Waals surface area contributed by atoms with Crippen LogP contribution in [0.25, 0.3) is 0 Å². The first kappa shape index (κ1) is 17.5. The van der Waals surface area contributed by atoms with Gasteiger partial charge in [0.05, 0.1) is 13.7 Å². The number of hydrogen-bond acceptors (Lipinski definition) is 3. The molecule has 118 valence electrons. The highest BCUT2D eigenvalue weighted by molar-refractivity contribution is 5.78. The van der Waals surface area contributed by atoms with Crippen LogP contribution in [0.3, 0.4) is 0 Å². The van der Waals surface area contributed by atoms with Crippen LogP contribution < -0.4 is 10.1 Å². The molecule has 1 N–H and O–H groups in total. The molecule has 0 spiro atoms. The molecule has 4 heteroatoms. The lowest BCUT2D eigenvalue weighted by molar-refractivity contribution is -0.130. The Balaban J connectivity index is 2.26. The predicted molar refractivity (Wildman–Crippen MR) is 86.7 cm³/mol. The van der Waals surface area contributed by atoms with Crippen molar-refractivity contribution in [2.45, 2.75) is 33.1 Å². The van der Waals surface area contributed by atoms with Crippen LogP contribution in [0.4, 0.5) is 0 Å². The molecule has 0 aliphatic heterocycles. The van der Waals surface area contributed by atoms with Gasteiger partial charge in [0.2, 0.25) is 5.91 Å². The van der Waals surface area contributed by atoms with Crippen LogP contribution in [-0.2, 0) is 11.2 Å². The zero-order valence-electron chi connectivity index (χ0n) is 13.5. The van der Waals surface area contributed by atoms with E-state index in [2.05, 4.69) is 31.3 Å². The average molecular weight is 292 g/mol. The van der Waals surface area contributed by atoms with Crippen molar-refractivity contribution in [3.05, 3.63) is 29.8 Å². The third-order valence-corrected chi connectivity index (χ3v) is 3.37. The molecule has 0 radical (unpaired) electrons. The fraction of sp³-hybridized carbons (Fsp3) is 0.588. The van der Waals surface area contributed by atoms with E-state index in [0.29, 0.717) is 6.54 Å². The summed E-state index contributed by atoms with van der Waals surface area (Å²) in [6.45, 7) is 7.15. The standard InChI is InChI=1S/C17H28N2O2/c1-4-12-19(13-5-2)17(20)14-18-11-10-15-6-8-16(21-3)9-7-15/h6-9,18H,4-5,10-14H2,1-3H3. The van der Waals surface area contributed by atoms with Gasteiger partial charge in [-0.3, -0.25) is 4.79 Å². The van der Waals surface area contributed by atoms with Crippen LogP contribution in [-0.4, -0.2) is 44.1 Å². The molecule has 1 aromatic carbocycles. The Kier molecular flexibility index (Phi) is 8.51. The molecule has 0 aliphatic rings. The van der Waals surface area contributed by atoms with Gasteiger partial charge < -0.3 is 15.0 Å². The normalized spacial score (nSPS) is 10.4. The van der Waals surface area contributed by atoms with Crippen molar-refractivity contribution in [3.63, 3.8) is 0 Å². The Hall–Kier alpha value is -1.55. The van der Waals surface area contributed by atoms with Gasteiger partial charge >= 0.3 is 0 Å². The SMILES string of the molecule is CCCN(CCC)C(=O)CNCCc1ccc(OC)cc1. The van der Waals surface area contributed by atoms with Gasteiger partial charge in [-0.05, 0) is 43.5 Å². The van der Waals surface area contributed by atoms with Gasteiger partial charge in [-0.1, -0.05) is 26.0 Å². The van der Waals surface area contributed by atoms with Crippen LogP contribution in [0.2, 0.25) is 0 Å². The van der Waals surface area contributed by atoms with Crippen LogP contribution in [0.1, 0.15) is 32.3 Å². The Morgan fingerprint density at radius 2 is 1.76 bits per heavy atom. The maximum Gasteiger partial charge on any atom is 0.236 e. The van der Waals surface area contributed by atoms with Gasteiger partial charge in [-0.15, -0.1) is 0 Å².